The van der Waals surface area contributed by atoms with Crippen LogP contribution in [0.4, 0.5) is 0 Å². The van der Waals surface area contributed by atoms with E-state index in [0.717, 1.165) is 37.6 Å². The van der Waals surface area contributed by atoms with Crippen LogP contribution in [0.1, 0.15) is 19.4 Å². The minimum atomic E-state index is 0.521. The first-order valence-electron chi connectivity index (χ1n) is 6.96. The SMILES string of the molecule is CCNC(=NCCOCC)NCCc1ccc(Cl)nc1. The van der Waals surface area contributed by atoms with Gasteiger partial charge in [0.2, 0.25) is 0 Å². The van der Waals surface area contributed by atoms with E-state index in [9.17, 15) is 0 Å². The summed E-state index contributed by atoms with van der Waals surface area (Å²) in [5, 5.41) is 7.01. The van der Waals surface area contributed by atoms with Crippen LogP contribution < -0.4 is 10.6 Å². The van der Waals surface area contributed by atoms with E-state index in [0.29, 0.717) is 18.3 Å². The van der Waals surface area contributed by atoms with E-state index in [2.05, 4.69) is 20.6 Å². The molecule has 6 heteroatoms. The topological polar surface area (TPSA) is 58.5 Å². The maximum Gasteiger partial charge on any atom is 0.191 e. The van der Waals surface area contributed by atoms with Gasteiger partial charge in [-0.2, -0.15) is 0 Å². The van der Waals surface area contributed by atoms with Crippen LogP contribution in [0.15, 0.2) is 23.3 Å². The first-order chi connectivity index (χ1) is 9.76. The van der Waals surface area contributed by atoms with Gasteiger partial charge >= 0.3 is 0 Å². The fourth-order valence-electron chi connectivity index (χ4n) is 1.59. The first-order valence-corrected chi connectivity index (χ1v) is 7.34. The van der Waals surface area contributed by atoms with E-state index in [-0.39, 0.29) is 0 Å². The van der Waals surface area contributed by atoms with Gasteiger partial charge in [-0.1, -0.05) is 17.7 Å². The summed E-state index contributed by atoms with van der Waals surface area (Å²) >= 11 is 5.75. The molecule has 0 spiro atoms. The zero-order chi connectivity index (χ0) is 14.6. The molecule has 1 rings (SSSR count). The lowest BCUT2D eigenvalue weighted by Gasteiger charge is -2.11. The molecule has 20 heavy (non-hydrogen) atoms. The van der Waals surface area contributed by atoms with E-state index < -0.39 is 0 Å². The third-order valence-electron chi connectivity index (χ3n) is 2.55. The molecule has 0 atom stereocenters. The lowest BCUT2D eigenvalue weighted by molar-refractivity contribution is 0.155. The van der Waals surface area contributed by atoms with Crippen LogP contribution in [-0.2, 0) is 11.2 Å². The Morgan fingerprint density at radius 2 is 2.20 bits per heavy atom. The van der Waals surface area contributed by atoms with Gasteiger partial charge in [0.1, 0.15) is 5.15 Å². The molecule has 0 fully saturated rings. The monoisotopic (exact) mass is 298 g/mol. The van der Waals surface area contributed by atoms with Gasteiger partial charge in [-0.25, -0.2) is 4.98 Å². The number of nitrogens with zero attached hydrogens (tertiary/aromatic N) is 2. The van der Waals surface area contributed by atoms with Crippen LogP contribution in [0.5, 0.6) is 0 Å². The smallest absolute Gasteiger partial charge is 0.191 e. The second-order valence-electron chi connectivity index (χ2n) is 4.12. The molecule has 1 aromatic heterocycles. The molecular formula is C14H23ClN4O. The number of guanidine groups is 1. The maximum absolute atomic E-state index is 5.75. The molecule has 0 saturated heterocycles. The summed E-state index contributed by atoms with van der Waals surface area (Å²) in [5.74, 6) is 0.814. The summed E-state index contributed by atoms with van der Waals surface area (Å²) < 4.78 is 5.26. The first kappa shape index (κ1) is 16.7. The largest absolute Gasteiger partial charge is 0.380 e. The van der Waals surface area contributed by atoms with Crippen molar-refractivity contribution < 1.29 is 4.74 Å². The Bertz CT molecular complexity index is 395. The number of aliphatic imine (C=N–C) groups is 1. The molecule has 1 aromatic rings. The van der Waals surface area contributed by atoms with E-state index in [1.165, 1.54) is 0 Å². The van der Waals surface area contributed by atoms with E-state index >= 15 is 0 Å². The summed E-state index contributed by atoms with van der Waals surface area (Å²) in [6.07, 6.45) is 2.67. The van der Waals surface area contributed by atoms with Gasteiger partial charge in [-0.3, -0.25) is 4.99 Å². The Morgan fingerprint density at radius 1 is 1.35 bits per heavy atom. The minimum Gasteiger partial charge on any atom is -0.380 e. The Hall–Kier alpha value is -1.33. The number of nitrogens with one attached hydrogen (secondary N) is 2. The number of hydrogen-bond acceptors (Lipinski definition) is 3. The molecule has 0 aromatic carbocycles. The Balaban J connectivity index is 2.32. The molecule has 2 N–H and O–H groups in total. The third kappa shape index (κ3) is 7.31. The highest BCUT2D eigenvalue weighted by Gasteiger charge is 1.98. The summed E-state index contributed by atoms with van der Waals surface area (Å²) in [6, 6.07) is 3.79. The lowest BCUT2D eigenvalue weighted by Crippen LogP contribution is -2.38. The molecular weight excluding hydrogens is 276 g/mol. The molecule has 0 aliphatic rings. The maximum atomic E-state index is 5.75. The van der Waals surface area contributed by atoms with Crippen LogP contribution in [0.3, 0.4) is 0 Å². The van der Waals surface area contributed by atoms with Crippen molar-refractivity contribution in [2.45, 2.75) is 20.3 Å². The number of aromatic nitrogens is 1. The fraction of sp³-hybridized carbons (Fsp3) is 0.571. The van der Waals surface area contributed by atoms with Gasteiger partial charge in [0.05, 0.1) is 13.2 Å². The average Bonchev–Trinajstić information content (AvgIpc) is 2.45. The number of pyridine rings is 1. The predicted molar refractivity (Wildman–Crippen MR) is 83.4 cm³/mol. The van der Waals surface area contributed by atoms with Crippen LogP contribution in [0.2, 0.25) is 5.15 Å². The molecule has 0 unspecified atom stereocenters. The van der Waals surface area contributed by atoms with Gasteiger partial charge in [-0.05, 0) is 31.9 Å². The standard InChI is InChI=1S/C14H23ClN4O/c1-3-16-14(18-9-10-20-4-2)17-8-7-12-5-6-13(15)19-11-12/h5-6,11H,3-4,7-10H2,1-2H3,(H2,16,17,18). The second-order valence-corrected chi connectivity index (χ2v) is 4.51. The van der Waals surface area contributed by atoms with Gasteiger partial charge in [0.15, 0.2) is 5.96 Å². The Morgan fingerprint density at radius 3 is 2.85 bits per heavy atom. The van der Waals surface area contributed by atoms with Crippen molar-refractivity contribution in [2.24, 2.45) is 4.99 Å². The van der Waals surface area contributed by atoms with E-state index in [1.807, 2.05) is 19.9 Å². The van der Waals surface area contributed by atoms with Gasteiger partial charge in [0.25, 0.3) is 0 Å². The molecule has 1 heterocycles. The number of rotatable bonds is 8. The van der Waals surface area contributed by atoms with Crippen molar-refractivity contribution in [3.63, 3.8) is 0 Å². The van der Waals surface area contributed by atoms with Crippen molar-refractivity contribution in [3.05, 3.63) is 29.0 Å². The van der Waals surface area contributed by atoms with Gasteiger partial charge in [-0.15, -0.1) is 0 Å². The predicted octanol–water partition coefficient (Wildman–Crippen LogP) is 1.87. The zero-order valence-electron chi connectivity index (χ0n) is 12.2. The Kier molecular flexibility index (Phi) is 8.74. The minimum absolute atomic E-state index is 0.521. The molecule has 0 amide bonds. The number of ether oxygens (including phenoxy) is 1. The molecule has 0 saturated carbocycles. The number of hydrogen-bond donors (Lipinski definition) is 2. The lowest BCUT2D eigenvalue weighted by atomic mass is 10.2. The molecule has 5 nitrogen and oxygen atoms in total. The summed E-state index contributed by atoms with van der Waals surface area (Å²) in [6.45, 7) is 7.69. The average molecular weight is 299 g/mol. The van der Waals surface area contributed by atoms with Crippen molar-refractivity contribution in [1.29, 1.82) is 0 Å². The highest BCUT2D eigenvalue weighted by molar-refractivity contribution is 6.29. The van der Waals surface area contributed by atoms with E-state index in [4.69, 9.17) is 16.3 Å². The summed E-state index contributed by atoms with van der Waals surface area (Å²) in [7, 11) is 0. The van der Waals surface area contributed by atoms with Crippen molar-refractivity contribution in [2.75, 3.05) is 32.8 Å². The van der Waals surface area contributed by atoms with E-state index in [1.54, 1.807) is 12.3 Å². The van der Waals surface area contributed by atoms with Crippen molar-refractivity contribution >= 4 is 17.6 Å². The second kappa shape index (κ2) is 10.5. The van der Waals surface area contributed by atoms with Crippen LogP contribution in [-0.4, -0.2) is 43.8 Å². The molecule has 0 bridgehead atoms. The fourth-order valence-corrected chi connectivity index (χ4v) is 1.70. The zero-order valence-corrected chi connectivity index (χ0v) is 12.9. The van der Waals surface area contributed by atoms with Crippen molar-refractivity contribution in [1.82, 2.24) is 15.6 Å². The van der Waals surface area contributed by atoms with Crippen molar-refractivity contribution in [3.8, 4) is 0 Å². The normalized spacial score (nSPS) is 11.4. The summed E-state index contributed by atoms with van der Waals surface area (Å²) in [5.41, 5.74) is 1.15. The summed E-state index contributed by atoms with van der Waals surface area (Å²) in [4.78, 5) is 8.49. The van der Waals surface area contributed by atoms with Gasteiger partial charge in [0, 0.05) is 25.9 Å². The molecule has 0 radical (unpaired) electrons. The van der Waals surface area contributed by atoms with Crippen LogP contribution in [0.25, 0.3) is 0 Å². The Labute approximate surface area is 125 Å². The van der Waals surface area contributed by atoms with Gasteiger partial charge < -0.3 is 15.4 Å². The molecule has 0 aliphatic carbocycles. The third-order valence-corrected chi connectivity index (χ3v) is 2.77. The quantitative estimate of drug-likeness (QED) is 0.333. The highest BCUT2D eigenvalue weighted by atomic mass is 35.5. The van der Waals surface area contributed by atoms with Crippen LogP contribution >= 0.6 is 11.6 Å². The molecule has 112 valence electrons. The molecule has 0 aliphatic heterocycles. The number of halogens is 1. The highest BCUT2D eigenvalue weighted by Crippen LogP contribution is 2.05. The van der Waals surface area contributed by atoms with Crippen LogP contribution in [0, 0.1) is 0 Å².